The van der Waals surface area contributed by atoms with Gasteiger partial charge in [0.15, 0.2) is 0 Å². The summed E-state index contributed by atoms with van der Waals surface area (Å²) in [5.41, 5.74) is 0.497. The van der Waals surface area contributed by atoms with Crippen molar-refractivity contribution in [3.63, 3.8) is 0 Å². The van der Waals surface area contributed by atoms with Crippen LogP contribution in [0.4, 0.5) is 0 Å². The molecule has 1 atom stereocenters. The molecule has 1 nitrogen and oxygen atoms in total. The lowest BCUT2D eigenvalue weighted by atomic mass is 9.86. The molecule has 1 aliphatic carbocycles. The van der Waals surface area contributed by atoms with Gasteiger partial charge in [-0.25, -0.2) is 0 Å². The number of aliphatic hydroxyl groups is 1. The van der Waals surface area contributed by atoms with E-state index in [1.165, 1.54) is 11.3 Å². The number of hydrogen-bond acceptors (Lipinski definition) is 2. The smallest absolute Gasteiger partial charge is 0.0931 e. The third-order valence-corrected chi connectivity index (χ3v) is 3.68. The Morgan fingerprint density at radius 2 is 2.43 bits per heavy atom. The Morgan fingerprint density at radius 1 is 1.57 bits per heavy atom. The molecule has 0 aromatic carbocycles. The first-order valence-corrected chi connectivity index (χ1v) is 6.07. The fourth-order valence-electron chi connectivity index (χ4n) is 1.85. The molecule has 0 fully saturated rings. The van der Waals surface area contributed by atoms with E-state index in [-0.39, 0.29) is 0 Å². The first-order chi connectivity index (χ1) is 6.68. The average molecular weight is 229 g/mol. The van der Waals surface area contributed by atoms with Crippen LogP contribution in [0.1, 0.15) is 24.8 Å². The third kappa shape index (κ3) is 2.38. The molecule has 1 aromatic heterocycles. The molecule has 1 heterocycles. The summed E-state index contributed by atoms with van der Waals surface area (Å²) in [5, 5.41) is 12.2. The molecule has 0 spiro atoms. The van der Waals surface area contributed by atoms with Gasteiger partial charge in [-0.05, 0) is 36.3 Å². The van der Waals surface area contributed by atoms with E-state index in [4.69, 9.17) is 11.6 Å². The summed E-state index contributed by atoms with van der Waals surface area (Å²) < 4.78 is 0.795. The highest BCUT2D eigenvalue weighted by atomic mass is 35.5. The summed E-state index contributed by atoms with van der Waals surface area (Å²) in [7, 11) is 0. The van der Waals surface area contributed by atoms with Gasteiger partial charge in [-0.2, -0.15) is 0 Å². The molecular weight excluding hydrogens is 216 g/mol. The highest BCUT2D eigenvalue weighted by molar-refractivity contribution is 7.14. The second kappa shape index (κ2) is 4.05. The molecule has 0 amide bonds. The highest BCUT2D eigenvalue weighted by Crippen LogP contribution is 2.29. The quantitative estimate of drug-likeness (QED) is 0.770. The predicted molar refractivity (Wildman–Crippen MR) is 61.0 cm³/mol. The fourth-order valence-corrected chi connectivity index (χ4v) is 2.76. The second-order valence-electron chi connectivity index (χ2n) is 3.83. The van der Waals surface area contributed by atoms with Gasteiger partial charge in [0, 0.05) is 6.42 Å². The molecule has 1 aromatic rings. The number of hydrogen-bond donors (Lipinski definition) is 1. The van der Waals surface area contributed by atoms with Crippen LogP contribution in [0.25, 0.3) is 0 Å². The van der Waals surface area contributed by atoms with Crippen LogP contribution < -0.4 is 0 Å². The Morgan fingerprint density at radius 3 is 3.00 bits per heavy atom. The van der Waals surface area contributed by atoms with Crippen molar-refractivity contribution in [2.24, 2.45) is 0 Å². The lowest BCUT2D eigenvalue weighted by Gasteiger charge is -2.26. The van der Waals surface area contributed by atoms with Gasteiger partial charge < -0.3 is 5.11 Å². The molecule has 0 radical (unpaired) electrons. The van der Waals surface area contributed by atoms with Gasteiger partial charge in [-0.1, -0.05) is 23.8 Å². The number of thiophene rings is 1. The van der Waals surface area contributed by atoms with Crippen LogP contribution in [0.2, 0.25) is 4.34 Å². The van der Waals surface area contributed by atoms with Gasteiger partial charge in [0.05, 0.1) is 9.94 Å². The Balaban J connectivity index is 2.09. The molecule has 0 saturated heterocycles. The summed E-state index contributed by atoms with van der Waals surface area (Å²) in [5.74, 6) is 0. The lowest BCUT2D eigenvalue weighted by molar-refractivity contribution is 0.0752. The van der Waals surface area contributed by atoms with Crippen LogP contribution in [0.3, 0.4) is 0 Å². The maximum Gasteiger partial charge on any atom is 0.0931 e. The molecule has 76 valence electrons. The number of allylic oxidation sites excluding steroid dienone is 1. The number of halogens is 1. The normalized spacial score (nSPS) is 26.7. The summed E-state index contributed by atoms with van der Waals surface area (Å²) in [6.07, 6.45) is 7.71. The summed E-state index contributed by atoms with van der Waals surface area (Å²) in [6.45, 7) is 0. The maximum atomic E-state index is 10.2. The summed E-state index contributed by atoms with van der Waals surface area (Å²) in [6, 6.07) is 1.94. The summed E-state index contributed by atoms with van der Waals surface area (Å²) in [4.78, 5) is 0. The van der Waals surface area contributed by atoms with Crippen molar-refractivity contribution in [1.29, 1.82) is 0 Å². The molecule has 2 rings (SSSR count). The first-order valence-electron chi connectivity index (χ1n) is 4.81. The minimum Gasteiger partial charge on any atom is -0.385 e. The van der Waals surface area contributed by atoms with Crippen molar-refractivity contribution >= 4 is 22.9 Å². The van der Waals surface area contributed by atoms with Crippen molar-refractivity contribution in [3.05, 3.63) is 33.5 Å². The van der Waals surface area contributed by atoms with Crippen molar-refractivity contribution < 1.29 is 5.11 Å². The van der Waals surface area contributed by atoms with Crippen molar-refractivity contribution in [2.75, 3.05) is 0 Å². The van der Waals surface area contributed by atoms with Gasteiger partial charge in [0.1, 0.15) is 0 Å². The van der Waals surface area contributed by atoms with Crippen LogP contribution in [-0.2, 0) is 6.42 Å². The Kier molecular flexibility index (Phi) is 2.96. The monoisotopic (exact) mass is 228 g/mol. The fraction of sp³-hybridized carbons (Fsp3) is 0.455. The molecule has 1 aliphatic rings. The van der Waals surface area contributed by atoms with Crippen molar-refractivity contribution in [1.82, 2.24) is 0 Å². The van der Waals surface area contributed by atoms with E-state index in [0.29, 0.717) is 6.42 Å². The van der Waals surface area contributed by atoms with E-state index in [1.54, 1.807) is 0 Å². The Bertz CT molecular complexity index is 345. The van der Waals surface area contributed by atoms with E-state index >= 15 is 0 Å². The minimum atomic E-state index is -0.636. The van der Waals surface area contributed by atoms with Gasteiger partial charge in [-0.15, -0.1) is 11.3 Å². The van der Waals surface area contributed by atoms with Crippen molar-refractivity contribution in [2.45, 2.75) is 31.3 Å². The Hall–Kier alpha value is -0.310. The van der Waals surface area contributed by atoms with Crippen LogP contribution in [0.15, 0.2) is 23.6 Å². The van der Waals surface area contributed by atoms with E-state index in [9.17, 15) is 5.11 Å². The summed E-state index contributed by atoms with van der Waals surface area (Å²) >= 11 is 7.36. The minimum absolute atomic E-state index is 0.636. The van der Waals surface area contributed by atoms with Crippen LogP contribution in [0.5, 0.6) is 0 Å². The van der Waals surface area contributed by atoms with Crippen molar-refractivity contribution in [3.8, 4) is 0 Å². The molecule has 1 unspecified atom stereocenters. The van der Waals surface area contributed by atoms with E-state index in [0.717, 1.165) is 29.2 Å². The second-order valence-corrected chi connectivity index (χ2v) is 5.38. The van der Waals surface area contributed by atoms with Gasteiger partial charge >= 0.3 is 0 Å². The van der Waals surface area contributed by atoms with Crippen LogP contribution in [0, 0.1) is 0 Å². The standard InChI is InChI=1S/C11H13ClOS/c12-10-6-9(8-14-10)7-11(13)4-2-1-3-5-11/h2,4,6,8,13H,1,3,5,7H2. The van der Waals surface area contributed by atoms with Gasteiger partial charge in [-0.3, -0.25) is 0 Å². The van der Waals surface area contributed by atoms with Gasteiger partial charge in [0.2, 0.25) is 0 Å². The topological polar surface area (TPSA) is 20.2 Å². The predicted octanol–water partition coefficient (Wildman–Crippen LogP) is 3.42. The van der Waals surface area contributed by atoms with E-state index in [1.807, 2.05) is 17.5 Å². The van der Waals surface area contributed by atoms with Crippen LogP contribution >= 0.6 is 22.9 Å². The molecule has 3 heteroatoms. The SMILES string of the molecule is OC1(Cc2csc(Cl)c2)C=CCCC1. The average Bonchev–Trinajstić information content (AvgIpc) is 2.51. The maximum absolute atomic E-state index is 10.2. The molecule has 0 saturated carbocycles. The first kappa shape index (κ1) is 10.2. The lowest BCUT2D eigenvalue weighted by Crippen LogP contribution is -2.30. The largest absolute Gasteiger partial charge is 0.385 e. The molecule has 0 bridgehead atoms. The molecular formula is C11H13ClOS. The van der Waals surface area contributed by atoms with E-state index < -0.39 is 5.60 Å². The third-order valence-electron chi connectivity index (χ3n) is 2.54. The molecule has 1 N–H and O–H groups in total. The van der Waals surface area contributed by atoms with Crippen LogP contribution in [-0.4, -0.2) is 10.7 Å². The zero-order valence-corrected chi connectivity index (χ0v) is 9.44. The highest BCUT2D eigenvalue weighted by Gasteiger charge is 2.25. The molecule has 0 aliphatic heterocycles. The number of rotatable bonds is 2. The molecule has 14 heavy (non-hydrogen) atoms. The zero-order chi connectivity index (χ0) is 10.0. The zero-order valence-electron chi connectivity index (χ0n) is 7.87. The Labute approximate surface area is 93.0 Å². The van der Waals surface area contributed by atoms with E-state index in [2.05, 4.69) is 6.08 Å². The van der Waals surface area contributed by atoms with Gasteiger partial charge in [0.25, 0.3) is 0 Å².